The molecule has 102 valence electrons. The third-order valence-electron chi connectivity index (χ3n) is 3.21. The smallest absolute Gasteiger partial charge is 0.279 e. The molecule has 20 heavy (non-hydrogen) atoms. The van der Waals surface area contributed by atoms with Crippen LogP contribution in [0.1, 0.15) is 5.56 Å². The van der Waals surface area contributed by atoms with Crippen LogP contribution in [0.3, 0.4) is 0 Å². The predicted molar refractivity (Wildman–Crippen MR) is 74.9 cm³/mol. The van der Waals surface area contributed by atoms with Gasteiger partial charge in [-0.15, -0.1) is 0 Å². The largest absolute Gasteiger partial charge is 0.497 e. The van der Waals surface area contributed by atoms with Gasteiger partial charge in [-0.2, -0.15) is 0 Å². The molecule has 0 radical (unpaired) electrons. The van der Waals surface area contributed by atoms with Crippen molar-refractivity contribution in [3.05, 3.63) is 52.8 Å². The van der Waals surface area contributed by atoms with Crippen LogP contribution >= 0.6 is 0 Å². The fraction of sp³-hybridized carbons (Fsp3) is 0.214. The minimum atomic E-state index is -0.0963. The van der Waals surface area contributed by atoms with Crippen LogP contribution in [0, 0.1) is 0 Å². The van der Waals surface area contributed by atoms with Gasteiger partial charge in [0.05, 0.1) is 19.8 Å². The van der Waals surface area contributed by atoms with Gasteiger partial charge < -0.3 is 13.9 Å². The number of aryl methyl sites for hydroxylation is 1. The molecule has 0 bridgehead atoms. The maximum atomic E-state index is 12.1. The standard InChI is InChI=1S/C14H14N4O2/c1-17-8-15-13-12(14(17)19)18(9-16-13)7-10-3-5-11(20-2)6-4-10/h3-6,8-9H,7H2,1-2H3. The number of ether oxygens (including phenoxy) is 1. The summed E-state index contributed by atoms with van der Waals surface area (Å²) in [7, 11) is 3.31. The number of rotatable bonds is 3. The van der Waals surface area contributed by atoms with E-state index in [0.29, 0.717) is 17.7 Å². The van der Waals surface area contributed by atoms with Crippen LogP contribution in [0.15, 0.2) is 41.7 Å². The van der Waals surface area contributed by atoms with Crippen LogP contribution in [-0.2, 0) is 13.6 Å². The zero-order valence-corrected chi connectivity index (χ0v) is 11.3. The zero-order chi connectivity index (χ0) is 14.1. The Labute approximate surface area is 115 Å². The Balaban J connectivity index is 2.02. The second-order valence-electron chi connectivity index (χ2n) is 4.55. The fourth-order valence-corrected chi connectivity index (χ4v) is 2.09. The molecule has 0 N–H and O–H groups in total. The summed E-state index contributed by atoms with van der Waals surface area (Å²) in [6.45, 7) is 0.571. The van der Waals surface area contributed by atoms with Crippen LogP contribution in [-0.4, -0.2) is 26.2 Å². The molecule has 0 amide bonds. The lowest BCUT2D eigenvalue weighted by atomic mass is 10.2. The number of aromatic nitrogens is 4. The van der Waals surface area contributed by atoms with E-state index in [9.17, 15) is 4.79 Å². The Bertz CT molecular complexity index is 802. The molecule has 0 unspecified atom stereocenters. The van der Waals surface area contributed by atoms with Gasteiger partial charge in [-0.25, -0.2) is 9.97 Å². The quantitative estimate of drug-likeness (QED) is 0.717. The molecule has 2 aromatic heterocycles. The van der Waals surface area contributed by atoms with E-state index in [-0.39, 0.29) is 5.56 Å². The third kappa shape index (κ3) is 2.05. The average molecular weight is 270 g/mol. The molecule has 0 aliphatic carbocycles. The number of hydrogen-bond acceptors (Lipinski definition) is 4. The molecule has 0 saturated heterocycles. The zero-order valence-electron chi connectivity index (χ0n) is 11.3. The fourth-order valence-electron chi connectivity index (χ4n) is 2.09. The minimum Gasteiger partial charge on any atom is -0.497 e. The van der Waals surface area contributed by atoms with Crippen LogP contribution in [0.2, 0.25) is 0 Å². The molecule has 0 saturated carbocycles. The monoisotopic (exact) mass is 270 g/mol. The maximum Gasteiger partial charge on any atom is 0.279 e. The van der Waals surface area contributed by atoms with E-state index < -0.39 is 0 Å². The molecule has 3 aromatic rings. The minimum absolute atomic E-state index is 0.0963. The molecule has 0 aliphatic heterocycles. The Hall–Kier alpha value is -2.63. The number of hydrogen-bond donors (Lipinski definition) is 0. The van der Waals surface area contributed by atoms with Gasteiger partial charge in [0.15, 0.2) is 11.2 Å². The summed E-state index contributed by atoms with van der Waals surface area (Å²) in [5.41, 5.74) is 1.96. The summed E-state index contributed by atoms with van der Waals surface area (Å²) in [5, 5.41) is 0. The number of nitrogens with zero attached hydrogens (tertiary/aromatic N) is 4. The molecule has 3 rings (SSSR count). The molecule has 0 atom stereocenters. The van der Waals surface area contributed by atoms with Gasteiger partial charge in [0.1, 0.15) is 5.75 Å². The van der Waals surface area contributed by atoms with E-state index in [1.165, 1.54) is 10.9 Å². The Morgan fingerprint density at radius 1 is 1.15 bits per heavy atom. The first-order valence-electron chi connectivity index (χ1n) is 6.18. The van der Waals surface area contributed by atoms with E-state index in [0.717, 1.165) is 11.3 Å². The van der Waals surface area contributed by atoms with Gasteiger partial charge in [0, 0.05) is 13.6 Å². The second-order valence-corrected chi connectivity index (χ2v) is 4.55. The van der Waals surface area contributed by atoms with E-state index in [1.54, 1.807) is 20.5 Å². The molecule has 6 nitrogen and oxygen atoms in total. The van der Waals surface area contributed by atoms with Crippen LogP contribution in [0.5, 0.6) is 5.75 Å². The van der Waals surface area contributed by atoms with Crippen molar-refractivity contribution in [3.8, 4) is 5.75 Å². The van der Waals surface area contributed by atoms with Gasteiger partial charge in [-0.05, 0) is 17.7 Å². The highest BCUT2D eigenvalue weighted by molar-refractivity contribution is 5.69. The van der Waals surface area contributed by atoms with Crippen molar-refractivity contribution >= 4 is 11.2 Å². The third-order valence-corrected chi connectivity index (χ3v) is 3.21. The first-order chi connectivity index (χ1) is 9.69. The van der Waals surface area contributed by atoms with Gasteiger partial charge >= 0.3 is 0 Å². The van der Waals surface area contributed by atoms with Gasteiger partial charge in [0.2, 0.25) is 0 Å². The summed E-state index contributed by atoms with van der Waals surface area (Å²) in [4.78, 5) is 20.4. The number of imidazole rings is 1. The Morgan fingerprint density at radius 3 is 2.55 bits per heavy atom. The van der Waals surface area contributed by atoms with Gasteiger partial charge in [-0.1, -0.05) is 12.1 Å². The summed E-state index contributed by atoms with van der Waals surface area (Å²) in [5.74, 6) is 0.807. The first kappa shape index (κ1) is 12.4. The summed E-state index contributed by atoms with van der Waals surface area (Å²) >= 11 is 0. The van der Waals surface area contributed by atoms with E-state index in [4.69, 9.17) is 4.74 Å². The lowest BCUT2D eigenvalue weighted by Gasteiger charge is -2.06. The van der Waals surface area contributed by atoms with E-state index in [2.05, 4.69) is 9.97 Å². The number of methoxy groups -OCH3 is 1. The van der Waals surface area contributed by atoms with E-state index >= 15 is 0 Å². The van der Waals surface area contributed by atoms with Crippen molar-refractivity contribution in [2.24, 2.45) is 7.05 Å². The lowest BCUT2D eigenvalue weighted by Crippen LogP contribution is -2.19. The SMILES string of the molecule is COc1ccc(Cn2cnc3ncn(C)c(=O)c32)cc1. The maximum absolute atomic E-state index is 12.1. The lowest BCUT2D eigenvalue weighted by molar-refractivity contribution is 0.414. The summed E-state index contributed by atoms with van der Waals surface area (Å²) in [6, 6.07) is 7.71. The molecule has 6 heteroatoms. The number of benzene rings is 1. The van der Waals surface area contributed by atoms with Crippen molar-refractivity contribution in [2.45, 2.75) is 6.54 Å². The molecule has 1 aromatic carbocycles. The highest BCUT2D eigenvalue weighted by atomic mass is 16.5. The van der Waals surface area contributed by atoms with Gasteiger partial charge in [0.25, 0.3) is 5.56 Å². The summed E-state index contributed by atoms with van der Waals surface area (Å²) in [6.07, 6.45) is 3.12. The predicted octanol–water partition coefficient (Wildman–Crippen LogP) is 1.19. The van der Waals surface area contributed by atoms with Crippen LogP contribution in [0.25, 0.3) is 11.2 Å². The molecule has 0 aliphatic rings. The molecular weight excluding hydrogens is 256 g/mol. The Morgan fingerprint density at radius 2 is 1.85 bits per heavy atom. The second kappa shape index (κ2) is 4.80. The summed E-state index contributed by atoms with van der Waals surface area (Å²) < 4.78 is 8.39. The molecule has 2 heterocycles. The normalized spacial score (nSPS) is 10.9. The average Bonchev–Trinajstić information content (AvgIpc) is 2.87. The van der Waals surface area contributed by atoms with Crippen molar-refractivity contribution in [3.63, 3.8) is 0 Å². The first-order valence-corrected chi connectivity index (χ1v) is 6.18. The number of fused-ring (bicyclic) bond motifs is 1. The Kier molecular flexibility index (Phi) is 2.98. The van der Waals surface area contributed by atoms with Crippen molar-refractivity contribution in [2.75, 3.05) is 7.11 Å². The molecular formula is C14H14N4O2. The van der Waals surface area contributed by atoms with Crippen molar-refractivity contribution < 1.29 is 4.74 Å². The van der Waals surface area contributed by atoms with E-state index in [1.807, 2.05) is 28.8 Å². The molecule has 0 spiro atoms. The van der Waals surface area contributed by atoms with Crippen LogP contribution in [0.4, 0.5) is 0 Å². The van der Waals surface area contributed by atoms with Crippen molar-refractivity contribution in [1.29, 1.82) is 0 Å². The van der Waals surface area contributed by atoms with Gasteiger partial charge in [-0.3, -0.25) is 4.79 Å². The highest BCUT2D eigenvalue weighted by Crippen LogP contribution is 2.14. The van der Waals surface area contributed by atoms with Crippen LogP contribution < -0.4 is 10.3 Å². The topological polar surface area (TPSA) is 61.9 Å². The van der Waals surface area contributed by atoms with Crippen molar-refractivity contribution in [1.82, 2.24) is 19.1 Å². The highest BCUT2D eigenvalue weighted by Gasteiger charge is 2.09. The molecule has 0 fully saturated rings.